The zero-order valence-corrected chi connectivity index (χ0v) is 20.3. The molecule has 178 valence electrons. The molecule has 0 aliphatic carbocycles. The first-order chi connectivity index (χ1) is 15.4. The third-order valence-corrected chi connectivity index (χ3v) is 4.94. The van der Waals surface area contributed by atoms with Crippen molar-refractivity contribution in [2.24, 2.45) is 0 Å². The molecule has 2 aromatic rings. The number of hydrogen-bond donors (Lipinski definition) is 3. The number of carbonyl (C=O) groups excluding carboxylic acids is 3. The highest BCUT2D eigenvalue weighted by Crippen LogP contribution is 2.25. The van der Waals surface area contributed by atoms with Gasteiger partial charge in [-0.05, 0) is 69.5 Å². The molecule has 3 amide bonds. The normalized spacial score (nSPS) is 10.8. The minimum atomic E-state index is -0.677. The van der Waals surface area contributed by atoms with Crippen LogP contribution in [0.1, 0.15) is 37.5 Å². The maximum atomic E-state index is 12.2. The lowest BCUT2D eigenvalue weighted by atomic mass is 10.1. The number of rotatable bonds is 8. The molecule has 0 heterocycles. The van der Waals surface area contributed by atoms with Gasteiger partial charge in [-0.2, -0.15) is 0 Å². The van der Waals surface area contributed by atoms with Crippen LogP contribution in [0.4, 0.5) is 10.5 Å². The Balaban J connectivity index is 1.85. The van der Waals surface area contributed by atoms with Gasteiger partial charge in [0.15, 0.2) is 6.61 Å². The van der Waals surface area contributed by atoms with E-state index >= 15 is 0 Å². The lowest BCUT2D eigenvalue weighted by molar-refractivity contribution is -0.123. The summed E-state index contributed by atoms with van der Waals surface area (Å²) in [6.45, 7) is 8.74. The average Bonchev–Trinajstić information content (AvgIpc) is 2.72. The Morgan fingerprint density at radius 2 is 1.61 bits per heavy atom. The molecule has 0 spiro atoms. The fourth-order valence-electron chi connectivity index (χ4n) is 2.84. The van der Waals surface area contributed by atoms with Crippen molar-refractivity contribution in [3.8, 4) is 5.75 Å². The Morgan fingerprint density at radius 1 is 0.970 bits per heavy atom. The topological polar surface area (TPSA) is 106 Å². The summed E-state index contributed by atoms with van der Waals surface area (Å²) in [7, 11) is 0. The fourth-order valence-corrected chi connectivity index (χ4v) is 2.95. The molecule has 0 unspecified atom stereocenters. The molecule has 3 N–H and O–H groups in total. The first kappa shape index (κ1) is 26.0. The maximum Gasteiger partial charge on any atom is 0.408 e. The number of hydrogen-bond acceptors (Lipinski definition) is 5. The minimum absolute atomic E-state index is 0.158. The van der Waals surface area contributed by atoms with Gasteiger partial charge in [-0.3, -0.25) is 9.59 Å². The van der Waals surface area contributed by atoms with E-state index in [9.17, 15) is 14.4 Å². The third kappa shape index (κ3) is 9.02. The molecule has 0 aromatic heterocycles. The molecule has 0 atom stereocenters. The van der Waals surface area contributed by atoms with Crippen molar-refractivity contribution in [3.05, 3.63) is 58.1 Å². The second-order valence-corrected chi connectivity index (χ2v) is 8.88. The van der Waals surface area contributed by atoms with E-state index < -0.39 is 17.6 Å². The molecule has 0 radical (unpaired) electrons. The first-order valence-corrected chi connectivity index (χ1v) is 10.8. The molecule has 2 aromatic carbocycles. The number of nitrogens with one attached hydrogen (secondary N) is 3. The SMILES string of the molecule is Cc1cc(OCC(=O)NCc2ccccc2NC(=O)CNC(=O)OC(C)(C)C)cc(C)c1Cl. The maximum absolute atomic E-state index is 12.2. The lowest BCUT2D eigenvalue weighted by Gasteiger charge is -2.19. The van der Waals surface area contributed by atoms with Gasteiger partial charge >= 0.3 is 6.09 Å². The summed E-state index contributed by atoms with van der Waals surface area (Å²) in [4.78, 5) is 36.2. The number of ether oxygens (including phenoxy) is 2. The van der Waals surface area contributed by atoms with Gasteiger partial charge in [0, 0.05) is 17.3 Å². The number of halogens is 1. The largest absolute Gasteiger partial charge is 0.484 e. The highest BCUT2D eigenvalue weighted by molar-refractivity contribution is 6.32. The van der Waals surface area contributed by atoms with Gasteiger partial charge in [-0.25, -0.2) is 4.79 Å². The third-order valence-electron chi connectivity index (χ3n) is 4.34. The smallest absolute Gasteiger partial charge is 0.408 e. The van der Waals surface area contributed by atoms with Crippen molar-refractivity contribution in [2.45, 2.75) is 46.8 Å². The van der Waals surface area contributed by atoms with Crippen LogP contribution in [0.25, 0.3) is 0 Å². The molecular weight excluding hydrogens is 446 g/mol. The molecule has 0 aliphatic rings. The van der Waals surface area contributed by atoms with Gasteiger partial charge in [0.05, 0.1) is 0 Å². The Kier molecular flexibility index (Phi) is 9.11. The number of para-hydroxylation sites is 1. The van der Waals surface area contributed by atoms with E-state index in [-0.39, 0.29) is 25.6 Å². The van der Waals surface area contributed by atoms with Crippen LogP contribution in [0.2, 0.25) is 5.02 Å². The highest BCUT2D eigenvalue weighted by Gasteiger charge is 2.17. The van der Waals surface area contributed by atoms with Gasteiger partial charge in [0.25, 0.3) is 5.91 Å². The molecule has 0 saturated carbocycles. The van der Waals surface area contributed by atoms with Crippen molar-refractivity contribution < 1.29 is 23.9 Å². The molecule has 2 rings (SSSR count). The van der Waals surface area contributed by atoms with Gasteiger partial charge in [0.1, 0.15) is 17.9 Å². The molecule has 33 heavy (non-hydrogen) atoms. The van der Waals surface area contributed by atoms with Crippen LogP contribution in [0.3, 0.4) is 0 Å². The van der Waals surface area contributed by atoms with Crippen LogP contribution in [0, 0.1) is 13.8 Å². The van der Waals surface area contributed by atoms with Gasteiger partial charge in [0.2, 0.25) is 5.91 Å². The number of benzene rings is 2. The Morgan fingerprint density at radius 3 is 2.24 bits per heavy atom. The lowest BCUT2D eigenvalue weighted by Crippen LogP contribution is -2.37. The van der Waals surface area contributed by atoms with Crippen LogP contribution in [-0.4, -0.2) is 36.7 Å². The van der Waals surface area contributed by atoms with Crippen LogP contribution in [0.5, 0.6) is 5.75 Å². The van der Waals surface area contributed by atoms with Crippen molar-refractivity contribution >= 4 is 35.2 Å². The van der Waals surface area contributed by atoms with Gasteiger partial charge in [-0.1, -0.05) is 29.8 Å². The van der Waals surface area contributed by atoms with Crippen molar-refractivity contribution in [1.29, 1.82) is 0 Å². The predicted molar refractivity (Wildman–Crippen MR) is 128 cm³/mol. The summed E-state index contributed by atoms with van der Waals surface area (Å²) in [5, 5.41) is 8.57. The van der Waals surface area contributed by atoms with Crippen LogP contribution >= 0.6 is 11.6 Å². The first-order valence-electron chi connectivity index (χ1n) is 10.5. The van der Waals surface area contributed by atoms with Crippen molar-refractivity contribution in [3.63, 3.8) is 0 Å². The second kappa shape index (κ2) is 11.6. The summed E-state index contributed by atoms with van der Waals surface area (Å²) in [5.41, 5.74) is 2.32. The van der Waals surface area contributed by atoms with E-state index in [1.54, 1.807) is 57.2 Å². The molecule has 0 bridgehead atoms. The molecule has 0 fully saturated rings. The molecule has 0 saturated heterocycles. The second-order valence-electron chi connectivity index (χ2n) is 8.50. The van der Waals surface area contributed by atoms with E-state index in [2.05, 4.69) is 16.0 Å². The van der Waals surface area contributed by atoms with Crippen LogP contribution < -0.4 is 20.7 Å². The standard InChI is InChI=1S/C24H30ClN3O5/c1-15-10-18(11-16(2)22(15)25)32-14-21(30)26-12-17-8-6-7-9-19(17)28-20(29)13-27-23(31)33-24(3,4)5/h6-11H,12-14H2,1-5H3,(H,26,30)(H,27,31)(H,28,29). The van der Waals surface area contributed by atoms with E-state index in [0.717, 1.165) is 11.1 Å². The zero-order chi connectivity index (χ0) is 24.6. The van der Waals surface area contributed by atoms with E-state index in [1.807, 2.05) is 13.8 Å². The molecular formula is C24H30ClN3O5. The average molecular weight is 476 g/mol. The number of anilines is 1. The van der Waals surface area contributed by atoms with Gasteiger partial charge < -0.3 is 25.4 Å². The summed E-state index contributed by atoms with van der Waals surface area (Å²) >= 11 is 6.15. The number of aryl methyl sites for hydroxylation is 2. The Bertz CT molecular complexity index is 994. The summed E-state index contributed by atoms with van der Waals surface area (Å²) in [6, 6.07) is 10.6. The number of alkyl carbamates (subject to hydrolysis) is 1. The highest BCUT2D eigenvalue weighted by atomic mass is 35.5. The number of amides is 3. The van der Waals surface area contributed by atoms with Gasteiger partial charge in [-0.15, -0.1) is 0 Å². The quantitative estimate of drug-likeness (QED) is 0.532. The van der Waals surface area contributed by atoms with Crippen LogP contribution in [-0.2, 0) is 20.9 Å². The fraction of sp³-hybridized carbons (Fsp3) is 0.375. The van der Waals surface area contributed by atoms with E-state index in [1.165, 1.54) is 0 Å². The van der Waals surface area contributed by atoms with Crippen LogP contribution in [0.15, 0.2) is 36.4 Å². The monoisotopic (exact) mass is 475 g/mol. The van der Waals surface area contributed by atoms with E-state index in [0.29, 0.717) is 22.0 Å². The predicted octanol–water partition coefficient (Wildman–Crippen LogP) is 4.12. The molecule has 8 nitrogen and oxygen atoms in total. The zero-order valence-electron chi connectivity index (χ0n) is 19.5. The Hall–Kier alpha value is -3.26. The van der Waals surface area contributed by atoms with Crippen molar-refractivity contribution in [1.82, 2.24) is 10.6 Å². The Labute approximate surface area is 199 Å². The minimum Gasteiger partial charge on any atom is -0.484 e. The molecule has 0 aliphatic heterocycles. The summed E-state index contributed by atoms with van der Waals surface area (Å²) in [5.74, 6) is -0.167. The summed E-state index contributed by atoms with van der Waals surface area (Å²) in [6.07, 6.45) is -0.677. The van der Waals surface area contributed by atoms with Crippen molar-refractivity contribution in [2.75, 3.05) is 18.5 Å². The summed E-state index contributed by atoms with van der Waals surface area (Å²) < 4.78 is 10.7. The van der Waals surface area contributed by atoms with E-state index in [4.69, 9.17) is 21.1 Å². The molecule has 9 heteroatoms. The number of carbonyl (C=O) groups is 3.